The van der Waals surface area contributed by atoms with Crippen molar-refractivity contribution in [2.45, 2.75) is 31.3 Å². The first-order valence-corrected chi connectivity index (χ1v) is 9.47. The molecule has 8 heteroatoms. The van der Waals surface area contributed by atoms with Crippen LogP contribution in [0.4, 0.5) is 0 Å². The van der Waals surface area contributed by atoms with E-state index in [2.05, 4.69) is 0 Å². The van der Waals surface area contributed by atoms with E-state index in [1.807, 2.05) is 0 Å². The number of aliphatic hydroxyl groups is 1. The SMILES string of the molecule is O=C(c1ccc(Cl)cc1)N1CCCC(C(=O)N2CCC(O)(C(=O)O)CC2)C1. The number of aliphatic carboxylic acids is 1. The second-order valence-electron chi connectivity index (χ2n) is 7.26. The molecule has 0 spiro atoms. The zero-order chi connectivity index (χ0) is 19.6. The van der Waals surface area contributed by atoms with Crippen LogP contribution in [0.2, 0.25) is 5.02 Å². The summed E-state index contributed by atoms with van der Waals surface area (Å²) in [6, 6.07) is 6.68. The van der Waals surface area contributed by atoms with Gasteiger partial charge in [-0.1, -0.05) is 11.6 Å². The van der Waals surface area contributed by atoms with Gasteiger partial charge in [-0.25, -0.2) is 4.79 Å². The summed E-state index contributed by atoms with van der Waals surface area (Å²) in [6.45, 7) is 1.37. The van der Waals surface area contributed by atoms with Crippen molar-refractivity contribution >= 4 is 29.4 Å². The predicted molar refractivity (Wildman–Crippen MR) is 98.5 cm³/mol. The number of carbonyl (C=O) groups is 3. The van der Waals surface area contributed by atoms with E-state index in [4.69, 9.17) is 16.7 Å². The summed E-state index contributed by atoms with van der Waals surface area (Å²) in [5.41, 5.74) is -1.21. The minimum absolute atomic E-state index is 0.0220. The van der Waals surface area contributed by atoms with Crippen molar-refractivity contribution in [2.75, 3.05) is 26.2 Å². The third-order valence-corrected chi connectivity index (χ3v) is 5.70. The number of halogens is 1. The van der Waals surface area contributed by atoms with Gasteiger partial charge in [0.25, 0.3) is 5.91 Å². The molecule has 2 heterocycles. The number of likely N-dealkylation sites (tertiary alicyclic amines) is 2. The first-order chi connectivity index (χ1) is 12.8. The van der Waals surface area contributed by atoms with Gasteiger partial charge in [-0.3, -0.25) is 9.59 Å². The Kier molecular flexibility index (Phi) is 5.72. The van der Waals surface area contributed by atoms with Crippen LogP contribution in [-0.4, -0.2) is 69.6 Å². The van der Waals surface area contributed by atoms with Gasteiger partial charge in [0, 0.05) is 49.6 Å². The van der Waals surface area contributed by atoms with Crippen molar-refractivity contribution in [3.63, 3.8) is 0 Å². The molecule has 3 rings (SSSR count). The van der Waals surface area contributed by atoms with Crippen LogP contribution in [0.5, 0.6) is 0 Å². The number of hydrogen-bond donors (Lipinski definition) is 2. The summed E-state index contributed by atoms with van der Waals surface area (Å²) in [6.07, 6.45) is 1.48. The van der Waals surface area contributed by atoms with Crippen LogP contribution >= 0.6 is 11.6 Å². The van der Waals surface area contributed by atoms with Crippen LogP contribution in [-0.2, 0) is 9.59 Å². The maximum atomic E-state index is 12.8. The maximum absolute atomic E-state index is 12.8. The number of piperidine rings is 2. The fraction of sp³-hybridized carbons (Fsp3) is 0.526. The largest absolute Gasteiger partial charge is 0.479 e. The average Bonchev–Trinajstić information content (AvgIpc) is 2.68. The van der Waals surface area contributed by atoms with Crippen LogP contribution in [0.1, 0.15) is 36.0 Å². The van der Waals surface area contributed by atoms with Gasteiger partial charge in [0.15, 0.2) is 5.60 Å². The van der Waals surface area contributed by atoms with Crippen molar-refractivity contribution < 1.29 is 24.6 Å². The number of hydrogen-bond acceptors (Lipinski definition) is 4. The molecule has 0 saturated carbocycles. The van der Waals surface area contributed by atoms with Gasteiger partial charge in [0.05, 0.1) is 5.92 Å². The fourth-order valence-corrected chi connectivity index (χ4v) is 3.83. The van der Waals surface area contributed by atoms with E-state index in [0.717, 1.165) is 6.42 Å². The molecule has 2 aliphatic rings. The zero-order valence-corrected chi connectivity index (χ0v) is 15.7. The van der Waals surface area contributed by atoms with E-state index in [1.165, 1.54) is 0 Å². The van der Waals surface area contributed by atoms with Gasteiger partial charge < -0.3 is 20.0 Å². The lowest BCUT2D eigenvalue weighted by molar-refractivity contribution is -0.166. The molecule has 1 aromatic rings. The van der Waals surface area contributed by atoms with Crippen LogP contribution in [0.3, 0.4) is 0 Å². The topological polar surface area (TPSA) is 98.2 Å². The first kappa shape index (κ1) is 19.6. The Hall–Kier alpha value is -2.12. The molecule has 7 nitrogen and oxygen atoms in total. The molecule has 0 radical (unpaired) electrons. The Balaban J connectivity index is 1.61. The summed E-state index contributed by atoms with van der Waals surface area (Å²) in [5, 5.41) is 19.7. The van der Waals surface area contributed by atoms with E-state index in [9.17, 15) is 19.5 Å². The Labute approximate surface area is 162 Å². The molecule has 0 aliphatic carbocycles. The molecule has 27 heavy (non-hydrogen) atoms. The summed E-state index contributed by atoms with van der Waals surface area (Å²) in [5.74, 6) is -1.74. The smallest absolute Gasteiger partial charge is 0.335 e. The molecule has 2 aliphatic heterocycles. The minimum atomic E-state index is -1.75. The molecule has 0 aromatic heterocycles. The molecular formula is C19H23ClN2O5. The molecule has 2 N–H and O–H groups in total. The van der Waals surface area contributed by atoms with Crippen molar-refractivity contribution in [2.24, 2.45) is 5.92 Å². The summed E-state index contributed by atoms with van der Waals surface area (Å²) in [4.78, 5) is 39.9. The van der Waals surface area contributed by atoms with Crippen LogP contribution in [0.25, 0.3) is 0 Å². The predicted octanol–water partition coefficient (Wildman–Crippen LogP) is 1.63. The zero-order valence-electron chi connectivity index (χ0n) is 14.9. The number of carbonyl (C=O) groups excluding carboxylic acids is 2. The van der Waals surface area contributed by atoms with Crippen LogP contribution in [0, 0.1) is 5.92 Å². The lowest BCUT2D eigenvalue weighted by atomic mass is 9.89. The standard InChI is InChI=1S/C19H23ClN2O5/c20-15-5-3-13(4-6-15)16(23)22-9-1-2-14(12-22)17(24)21-10-7-19(27,8-11-21)18(25)26/h3-6,14,27H,1-2,7-12H2,(H,25,26). The fourth-order valence-electron chi connectivity index (χ4n) is 3.71. The van der Waals surface area contributed by atoms with E-state index in [1.54, 1.807) is 34.1 Å². The minimum Gasteiger partial charge on any atom is -0.479 e. The Morgan fingerprint density at radius 3 is 2.26 bits per heavy atom. The molecule has 2 fully saturated rings. The Morgan fingerprint density at radius 1 is 1.04 bits per heavy atom. The normalized spacial score (nSPS) is 22.4. The second-order valence-corrected chi connectivity index (χ2v) is 7.70. The molecule has 1 aromatic carbocycles. The van der Waals surface area contributed by atoms with Crippen molar-refractivity contribution in [1.82, 2.24) is 9.80 Å². The number of nitrogens with zero attached hydrogens (tertiary/aromatic N) is 2. The van der Waals surface area contributed by atoms with Crippen molar-refractivity contribution in [3.05, 3.63) is 34.9 Å². The van der Waals surface area contributed by atoms with Gasteiger partial charge >= 0.3 is 5.97 Å². The molecular weight excluding hydrogens is 372 g/mol. The van der Waals surface area contributed by atoms with Gasteiger partial charge in [-0.2, -0.15) is 0 Å². The average molecular weight is 395 g/mol. The summed E-state index contributed by atoms with van der Waals surface area (Å²) >= 11 is 5.86. The molecule has 2 saturated heterocycles. The van der Waals surface area contributed by atoms with Gasteiger partial charge in [-0.05, 0) is 37.1 Å². The van der Waals surface area contributed by atoms with Crippen LogP contribution < -0.4 is 0 Å². The first-order valence-electron chi connectivity index (χ1n) is 9.09. The van der Waals surface area contributed by atoms with Gasteiger partial charge in [0.2, 0.25) is 5.91 Å². The number of benzene rings is 1. The summed E-state index contributed by atoms with van der Waals surface area (Å²) in [7, 11) is 0. The van der Waals surface area contributed by atoms with E-state index in [0.29, 0.717) is 30.1 Å². The number of amides is 2. The number of carboxylic acid groups (broad SMARTS) is 1. The highest BCUT2D eigenvalue weighted by atomic mass is 35.5. The second kappa shape index (κ2) is 7.86. The maximum Gasteiger partial charge on any atom is 0.335 e. The third-order valence-electron chi connectivity index (χ3n) is 5.45. The highest BCUT2D eigenvalue weighted by Crippen LogP contribution is 2.26. The molecule has 1 unspecified atom stereocenters. The molecule has 2 amide bonds. The van der Waals surface area contributed by atoms with Gasteiger partial charge in [0.1, 0.15) is 0 Å². The van der Waals surface area contributed by atoms with Gasteiger partial charge in [-0.15, -0.1) is 0 Å². The van der Waals surface area contributed by atoms with E-state index >= 15 is 0 Å². The molecule has 1 atom stereocenters. The van der Waals surface area contributed by atoms with E-state index in [-0.39, 0.29) is 43.7 Å². The Morgan fingerprint density at radius 2 is 1.67 bits per heavy atom. The molecule has 0 bridgehead atoms. The number of carboxylic acids is 1. The third kappa shape index (κ3) is 4.25. The quantitative estimate of drug-likeness (QED) is 0.812. The number of rotatable bonds is 3. The van der Waals surface area contributed by atoms with Crippen molar-refractivity contribution in [3.8, 4) is 0 Å². The Bertz CT molecular complexity index is 728. The van der Waals surface area contributed by atoms with E-state index < -0.39 is 11.6 Å². The molecule has 146 valence electrons. The lowest BCUT2D eigenvalue weighted by Crippen LogP contribution is -2.53. The lowest BCUT2D eigenvalue weighted by Gasteiger charge is -2.39. The monoisotopic (exact) mass is 394 g/mol. The summed E-state index contributed by atoms with van der Waals surface area (Å²) < 4.78 is 0. The highest BCUT2D eigenvalue weighted by molar-refractivity contribution is 6.30. The highest BCUT2D eigenvalue weighted by Gasteiger charge is 2.42. The van der Waals surface area contributed by atoms with Crippen molar-refractivity contribution in [1.29, 1.82) is 0 Å². The van der Waals surface area contributed by atoms with Crippen LogP contribution in [0.15, 0.2) is 24.3 Å².